The summed E-state index contributed by atoms with van der Waals surface area (Å²) >= 11 is 0. The number of para-hydroxylation sites is 3. The fourth-order valence-corrected chi connectivity index (χ4v) is 4.37. The summed E-state index contributed by atoms with van der Waals surface area (Å²) in [6.07, 6.45) is 3.12. The third kappa shape index (κ3) is 3.67. The smallest absolute Gasteiger partial charge is 0.227 e. The van der Waals surface area contributed by atoms with Crippen molar-refractivity contribution < 1.29 is 4.79 Å². The number of aromatic nitrogens is 6. The van der Waals surface area contributed by atoms with Crippen molar-refractivity contribution >= 4 is 34.1 Å². The molecule has 0 radical (unpaired) electrons. The first-order chi connectivity index (χ1) is 16.2. The lowest BCUT2D eigenvalue weighted by Crippen LogP contribution is -2.38. The van der Waals surface area contributed by atoms with Gasteiger partial charge < -0.3 is 15.2 Å². The first kappa shape index (κ1) is 19.4. The molecule has 9 heteroatoms. The second-order valence-corrected chi connectivity index (χ2v) is 8.22. The molecular formula is C24H22N8O. The molecule has 9 nitrogen and oxygen atoms in total. The summed E-state index contributed by atoms with van der Waals surface area (Å²) in [6.45, 7) is 1.54. The predicted molar refractivity (Wildman–Crippen MR) is 126 cm³/mol. The van der Waals surface area contributed by atoms with E-state index in [9.17, 15) is 4.79 Å². The Morgan fingerprint density at radius 1 is 1.00 bits per heavy atom. The molecule has 4 heterocycles. The minimum atomic E-state index is -0.0522. The molecule has 1 amide bonds. The number of rotatable bonds is 4. The maximum atomic E-state index is 13.1. The predicted octanol–water partition coefficient (Wildman–Crippen LogP) is 3.52. The highest BCUT2D eigenvalue weighted by molar-refractivity contribution is 5.97. The third-order valence-electron chi connectivity index (χ3n) is 6.17. The highest BCUT2D eigenvalue weighted by Crippen LogP contribution is 2.29. The van der Waals surface area contributed by atoms with E-state index < -0.39 is 0 Å². The van der Waals surface area contributed by atoms with Gasteiger partial charge in [0, 0.05) is 24.6 Å². The Bertz CT molecular complexity index is 1410. The zero-order valence-corrected chi connectivity index (χ0v) is 17.8. The second kappa shape index (κ2) is 8.01. The minimum absolute atomic E-state index is 0.0421. The van der Waals surface area contributed by atoms with Crippen molar-refractivity contribution in [2.45, 2.75) is 12.8 Å². The van der Waals surface area contributed by atoms with Crippen LogP contribution in [0.25, 0.3) is 28.1 Å². The molecule has 6 rings (SSSR count). The fourth-order valence-electron chi connectivity index (χ4n) is 4.37. The first-order valence-electron chi connectivity index (χ1n) is 11.0. The molecule has 0 spiro atoms. The molecule has 164 valence electrons. The van der Waals surface area contributed by atoms with Crippen LogP contribution in [0.5, 0.6) is 0 Å². The molecule has 0 saturated carbocycles. The van der Waals surface area contributed by atoms with Gasteiger partial charge in [0.05, 0.1) is 16.7 Å². The lowest BCUT2D eigenvalue weighted by molar-refractivity contribution is -0.120. The van der Waals surface area contributed by atoms with E-state index >= 15 is 0 Å². The van der Waals surface area contributed by atoms with E-state index in [0.29, 0.717) is 0 Å². The lowest BCUT2D eigenvalue weighted by atomic mass is 9.95. The summed E-state index contributed by atoms with van der Waals surface area (Å²) in [5, 5.41) is 15.6. The topological polar surface area (TPSA) is 104 Å². The van der Waals surface area contributed by atoms with Gasteiger partial charge in [0.1, 0.15) is 18.0 Å². The number of piperidine rings is 1. The van der Waals surface area contributed by atoms with Crippen LogP contribution in [0, 0.1) is 5.92 Å². The second-order valence-electron chi connectivity index (χ2n) is 8.22. The molecular weight excluding hydrogens is 416 g/mol. The summed E-state index contributed by atoms with van der Waals surface area (Å²) in [5.41, 5.74) is 4.24. The number of anilines is 2. The third-order valence-corrected chi connectivity index (χ3v) is 6.17. The molecule has 1 fully saturated rings. The molecule has 0 bridgehead atoms. The molecule has 0 atom stereocenters. The highest BCUT2D eigenvalue weighted by Gasteiger charge is 2.26. The number of hydrogen-bond donors (Lipinski definition) is 2. The average Bonchev–Trinajstić information content (AvgIpc) is 3.51. The summed E-state index contributed by atoms with van der Waals surface area (Å²) in [5.74, 6) is 1.61. The number of carbonyl (C=O) groups is 1. The van der Waals surface area contributed by atoms with E-state index in [1.165, 1.54) is 0 Å². The Balaban J connectivity index is 1.16. The number of nitrogens with zero attached hydrogens (tertiary/aromatic N) is 6. The van der Waals surface area contributed by atoms with Crippen molar-refractivity contribution in [3.63, 3.8) is 0 Å². The molecule has 5 aromatic rings. The maximum Gasteiger partial charge on any atom is 0.227 e. The molecule has 33 heavy (non-hydrogen) atoms. The SMILES string of the molecule is O=C(Nc1ccccc1-c1nc2ccccc2[nH]1)C1CCN(c2ccc3nncn3n2)CC1. The van der Waals surface area contributed by atoms with Gasteiger partial charge in [-0.3, -0.25) is 4.79 Å². The van der Waals surface area contributed by atoms with Crippen molar-refractivity contribution in [3.8, 4) is 11.4 Å². The molecule has 3 aromatic heterocycles. The van der Waals surface area contributed by atoms with Crippen LogP contribution in [0.3, 0.4) is 0 Å². The Labute approximate surface area is 189 Å². The Hall–Kier alpha value is -4.27. The summed E-state index contributed by atoms with van der Waals surface area (Å²) in [6, 6.07) is 19.6. The van der Waals surface area contributed by atoms with E-state index in [2.05, 4.69) is 30.5 Å². The van der Waals surface area contributed by atoms with E-state index in [4.69, 9.17) is 4.98 Å². The molecule has 1 saturated heterocycles. The van der Waals surface area contributed by atoms with E-state index in [-0.39, 0.29) is 11.8 Å². The van der Waals surface area contributed by atoms with Gasteiger partial charge in [0.25, 0.3) is 0 Å². The summed E-state index contributed by atoms with van der Waals surface area (Å²) < 4.78 is 1.67. The van der Waals surface area contributed by atoms with E-state index in [0.717, 1.165) is 65.5 Å². The van der Waals surface area contributed by atoms with Crippen molar-refractivity contribution in [2.24, 2.45) is 5.92 Å². The molecule has 2 N–H and O–H groups in total. The van der Waals surface area contributed by atoms with Crippen LogP contribution in [0.2, 0.25) is 0 Å². The fraction of sp³-hybridized carbons (Fsp3) is 0.208. The lowest BCUT2D eigenvalue weighted by Gasteiger charge is -2.32. The number of benzene rings is 2. The van der Waals surface area contributed by atoms with Gasteiger partial charge >= 0.3 is 0 Å². The van der Waals surface area contributed by atoms with Crippen LogP contribution in [0.15, 0.2) is 67.0 Å². The normalized spacial score (nSPS) is 14.7. The van der Waals surface area contributed by atoms with Gasteiger partial charge in [0.15, 0.2) is 5.65 Å². The number of hydrogen-bond acceptors (Lipinski definition) is 6. The van der Waals surface area contributed by atoms with E-state index in [1.54, 1.807) is 10.8 Å². The molecule has 0 aliphatic carbocycles. The van der Waals surface area contributed by atoms with Crippen LogP contribution in [0.1, 0.15) is 12.8 Å². The summed E-state index contributed by atoms with van der Waals surface area (Å²) in [7, 11) is 0. The van der Waals surface area contributed by atoms with Crippen LogP contribution in [-0.4, -0.2) is 48.8 Å². The van der Waals surface area contributed by atoms with Crippen LogP contribution < -0.4 is 10.2 Å². The number of fused-ring (bicyclic) bond motifs is 2. The highest BCUT2D eigenvalue weighted by atomic mass is 16.1. The summed E-state index contributed by atoms with van der Waals surface area (Å²) in [4.78, 5) is 23.4. The number of carbonyl (C=O) groups excluding carboxylic acids is 1. The van der Waals surface area contributed by atoms with Crippen molar-refractivity contribution in [3.05, 3.63) is 67.0 Å². The van der Waals surface area contributed by atoms with Crippen LogP contribution in [-0.2, 0) is 4.79 Å². The largest absolute Gasteiger partial charge is 0.355 e. The quantitative estimate of drug-likeness (QED) is 0.445. The van der Waals surface area contributed by atoms with Crippen molar-refractivity contribution in [1.29, 1.82) is 0 Å². The minimum Gasteiger partial charge on any atom is -0.355 e. The van der Waals surface area contributed by atoms with Crippen LogP contribution in [0.4, 0.5) is 11.5 Å². The van der Waals surface area contributed by atoms with Crippen molar-refractivity contribution in [1.82, 2.24) is 29.8 Å². The van der Waals surface area contributed by atoms with Gasteiger partial charge in [0.2, 0.25) is 5.91 Å². The van der Waals surface area contributed by atoms with Gasteiger partial charge in [-0.2, -0.15) is 4.52 Å². The maximum absolute atomic E-state index is 13.1. The number of nitrogens with one attached hydrogen (secondary N) is 2. The Morgan fingerprint density at radius 2 is 1.82 bits per heavy atom. The Morgan fingerprint density at radius 3 is 2.70 bits per heavy atom. The molecule has 1 aliphatic heterocycles. The standard InChI is InChI=1S/C24H22N8O/c33-24(16-11-13-31(14-12-16)22-10-9-21-29-25-15-32(21)30-22)28-18-6-2-1-5-17(18)23-26-19-7-3-4-8-20(19)27-23/h1-10,15-16H,11-14H2,(H,26,27)(H,28,33). The molecule has 2 aromatic carbocycles. The zero-order chi connectivity index (χ0) is 22.2. The van der Waals surface area contributed by atoms with E-state index in [1.807, 2.05) is 60.7 Å². The number of amides is 1. The number of imidazole rings is 1. The van der Waals surface area contributed by atoms with Gasteiger partial charge in [-0.15, -0.1) is 15.3 Å². The first-order valence-corrected chi connectivity index (χ1v) is 11.0. The van der Waals surface area contributed by atoms with Gasteiger partial charge in [-0.05, 0) is 49.2 Å². The van der Waals surface area contributed by atoms with Crippen molar-refractivity contribution in [2.75, 3.05) is 23.3 Å². The number of aromatic amines is 1. The van der Waals surface area contributed by atoms with Crippen LogP contribution >= 0.6 is 0 Å². The Kier molecular flexibility index (Phi) is 4.71. The number of H-pyrrole nitrogens is 1. The molecule has 1 aliphatic rings. The van der Waals surface area contributed by atoms with Gasteiger partial charge in [-0.25, -0.2) is 4.98 Å². The van der Waals surface area contributed by atoms with Gasteiger partial charge in [-0.1, -0.05) is 24.3 Å². The monoisotopic (exact) mass is 438 g/mol. The zero-order valence-electron chi connectivity index (χ0n) is 17.8. The molecule has 0 unspecified atom stereocenters. The average molecular weight is 438 g/mol.